The van der Waals surface area contributed by atoms with Crippen LogP contribution >= 0.6 is 0 Å². The second kappa shape index (κ2) is 19.1. The van der Waals surface area contributed by atoms with Gasteiger partial charge in [-0.25, -0.2) is 14.8 Å². The van der Waals surface area contributed by atoms with E-state index < -0.39 is 0 Å². The van der Waals surface area contributed by atoms with Crippen LogP contribution in [0.3, 0.4) is 0 Å². The number of unbranched alkanes of at least 4 members (excludes halogenated alkanes) is 2. The van der Waals surface area contributed by atoms with Gasteiger partial charge in [0, 0.05) is 31.8 Å². The number of carbonyl (C=O) groups is 2. The third-order valence-corrected chi connectivity index (χ3v) is 9.43. The van der Waals surface area contributed by atoms with Crippen LogP contribution in [0.2, 0.25) is 0 Å². The van der Waals surface area contributed by atoms with E-state index in [0.29, 0.717) is 58.1 Å². The normalized spacial score (nSPS) is 27.0. The summed E-state index contributed by atoms with van der Waals surface area (Å²) >= 11 is 0. The molecule has 3 aliphatic rings. The van der Waals surface area contributed by atoms with E-state index in [9.17, 15) is 9.59 Å². The highest BCUT2D eigenvalue weighted by Gasteiger charge is 2.47. The van der Waals surface area contributed by atoms with Gasteiger partial charge in [-0.1, -0.05) is 58.4 Å². The van der Waals surface area contributed by atoms with Crippen molar-refractivity contribution in [3.63, 3.8) is 0 Å². The largest absolute Gasteiger partial charge is 0.377 e. The maximum absolute atomic E-state index is 12.0. The number of hydrogen-bond donors (Lipinski definition) is 5. The van der Waals surface area contributed by atoms with Gasteiger partial charge >= 0.3 is 6.03 Å². The molecular weight excluding hydrogens is 548 g/mol. The molecule has 11 heteroatoms. The molecule has 2 saturated heterocycles. The number of rotatable bonds is 19. The lowest BCUT2D eigenvalue weighted by Crippen LogP contribution is -2.63. The van der Waals surface area contributed by atoms with Crippen molar-refractivity contribution in [3.8, 4) is 0 Å². The third-order valence-electron chi connectivity index (χ3n) is 9.43. The molecule has 11 nitrogen and oxygen atoms in total. The molecule has 4 atom stereocenters. The summed E-state index contributed by atoms with van der Waals surface area (Å²) in [6.45, 7) is 14.9. The molecule has 0 bridgehead atoms. The predicted molar refractivity (Wildman–Crippen MR) is 169 cm³/mol. The van der Waals surface area contributed by atoms with E-state index in [0.717, 1.165) is 50.0 Å². The minimum atomic E-state index is -0.0812. The second-order valence-electron chi connectivity index (χ2n) is 13.9. The summed E-state index contributed by atoms with van der Waals surface area (Å²) in [5, 5.41) is 8.71. The number of hydrogen-bond acceptors (Lipinski definition) is 7. The van der Waals surface area contributed by atoms with Crippen molar-refractivity contribution >= 4 is 11.9 Å². The highest BCUT2D eigenvalue weighted by Crippen LogP contribution is 2.31. The average molecular weight is 612 g/mol. The fraction of sp³-hybridized carbons (Fsp3) is 0.938. The second-order valence-corrected chi connectivity index (χ2v) is 13.9. The molecule has 250 valence electrons. The molecule has 3 amide bonds. The molecule has 3 fully saturated rings. The van der Waals surface area contributed by atoms with Gasteiger partial charge in [0.2, 0.25) is 5.91 Å². The number of urea groups is 1. The van der Waals surface area contributed by atoms with E-state index >= 15 is 0 Å². The van der Waals surface area contributed by atoms with Crippen LogP contribution < -0.4 is 26.9 Å². The van der Waals surface area contributed by atoms with Crippen molar-refractivity contribution in [1.82, 2.24) is 26.9 Å². The lowest BCUT2D eigenvalue weighted by Gasteiger charge is -2.41. The SMILES string of the molecule is C[C@@H]1NC(=O)N[C@@H]1CCCCCC(=O)NCCOCCOCCOCC[N+]1(C2CCCCCCC2)CC(C(C)(C)C)NN1. The van der Waals surface area contributed by atoms with Gasteiger partial charge in [0.05, 0.1) is 51.7 Å². The number of nitrogens with zero attached hydrogens (tertiary/aromatic N) is 1. The Kier molecular flexibility index (Phi) is 16.0. The third kappa shape index (κ3) is 13.2. The predicted octanol–water partition coefficient (Wildman–Crippen LogP) is 3.54. The molecule has 1 saturated carbocycles. The van der Waals surface area contributed by atoms with E-state index in [1.165, 1.54) is 44.9 Å². The topological polar surface area (TPSA) is 122 Å². The van der Waals surface area contributed by atoms with Crippen molar-refractivity contribution in [1.29, 1.82) is 0 Å². The monoisotopic (exact) mass is 611 g/mol. The molecule has 3 rings (SSSR count). The fourth-order valence-corrected chi connectivity index (χ4v) is 6.52. The van der Waals surface area contributed by atoms with Crippen LogP contribution in [-0.2, 0) is 19.0 Å². The van der Waals surface area contributed by atoms with Crippen LogP contribution in [0.25, 0.3) is 0 Å². The molecule has 0 aromatic rings. The molecule has 0 aromatic carbocycles. The molecule has 0 spiro atoms. The van der Waals surface area contributed by atoms with Gasteiger partial charge in [-0.15, -0.1) is 0 Å². The standard InChI is InChI=1S/C32H62N6O5/c1-26-28(35-31(40)34-26)15-11-8-12-16-30(39)33-17-19-41-21-23-43-24-22-42-20-18-38(25-29(36-37-38)32(2,3)4)27-13-9-6-5-7-10-14-27/h26-29,36-37H,5-25H2,1-4H3,(H2-,33,34,35,39,40)/p+1/t26-,28+,29?,38?/m0/s1. The number of hydrazine groups is 1. The Morgan fingerprint density at radius 1 is 0.884 bits per heavy atom. The number of amides is 3. The molecule has 2 heterocycles. The zero-order chi connectivity index (χ0) is 31.0. The Hall–Kier alpha value is -1.50. The van der Waals surface area contributed by atoms with Gasteiger partial charge in [-0.3, -0.25) is 4.79 Å². The van der Waals surface area contributed by atoms with Gasteiger partial charge in [0.25, 0.3) is 0 Å². The van der Waals surface area contributed by atoms with Crippen molar-refractivity contribution in [2.24, 2.45) is 5.41 Å². The van der Waals surface area contributed by atoms with Gasteiger partial charge in [0.1, 0.15) is 19.1 Å². The lowest BCUT2D eigenvalue weighted by molar-refractivity contribution is -0.984. The quantitative estimate of drug-likeness (QED) is 0.112. The molecule has 1 aliphatic carbocycles. The van der Waals surface area contributed by atoms with Crippen LogP contribution in [0, 0.1) is 5.41 Å². The molecule has 43 heavy (non-hydrogen) atoms. The smallest absolute Gasteiger partial charge is 0.315 e. The van der Waals surface area contributed by atoms with Crippen molar-refractivity contribution in [3.05, 3.63) is 0 Å². The van der Waals surface area contributed by atoms with E-state index in [2.05, 4.69) is 47.7 Å². The summed E-state index contributed by atoms with van der Waals surface area (Å²) < 4.78 is 18.2. The number of carbonyl (C=O) groups excluding carboxylic acids is 2. The van der Waals surface area contributed by atoms with Crippen LogP contribution in [0.15, 0.2) is 0 Å². The van der Waals surface area contributed by atoms with Gasteiger partial charge < -0.3 is 30.2 Å². The molecule has 0 aromatic heterocycles. The molecule has 2 aliphatic heterocycles. The molecular formula is C32H63N6O5+. The highest BCUT2D eigenvalue weighted by atomic mass is 16.5. The fourth-order valence-electron chi connectivity index (χ4n) is 6.52. The van der Waals surface area contributed by atoms with E-state index in [1.54, 1.807) is 0 Å². The van der Waals surface area contributed by atoms with E-state index in [1.807, 2.05) is 6.92 Å². The number of nitrogens with one attached hydrogen (secondary N) is 5. The van der Waals surface area contributed by atoms with Crippen molar-refractivity contribution < 1.29 is 28.4 Å². The minimum absolute atomic E-state index is 0.0636. The van der Waals surface area contributed by atoms with Gasteiger partial charge in [-0.05, 0) is 38.0 Å². The number of quaternary nitrogens is 1. The maximum Gasteiger partial charge on any atom is 0.315 e. The van der Waals surface area contributed by atoms with Gasteiger partial charge in [-0.2, -0.15) is 0 Å². The first-order valence-corrected chi connectivity index (χ1v) is 17.2. The van der Waals surface area contributed by atoms with E-state index in [-0.39, 0.29) is 29.4 Å². The summed E-state index contributed by atoms with van der Waals surface area (Å²) in [6.07, 6.45) is 13.7. The summed E-state index contributed by atoms with van der Waals surface area (Å²) in [4.78, 5) is 23.3. The summed E-state index contributed by atoms with van der Waals surface area (Å²) in [5.74, 6) is 0.0636. The van der Waals surface area contributed by atoms with E-state index in [4.69, 9.17) is 14.2 Å². The van der Waals surface area contributed by atoms with Gasteiger partial charge in [0.15, 0.2) is 0 Å². The van der Waals surface area contributed by atoms with Crippen molar-refractivity contribution in [2.75, 3.05) is 59.3 Å². The van der Waals surface area contributed by atoms with Crippen LogP contribution in [0.4, 0.5) is 4.79 Å². The molecule has 0 radical (unpaired) electrons. The summed E-state index contributed by atoms with van der Waals surface area (Å²) in [6, 6.07) is 1.37. The van der Waals surface area contributed by atoms with Crippen molar-refractivity contribution in [2.45, 2.75) is 129 Å². The number of ether oxygens (including phenoxy) is 3. The Labute approximate surface area is 260 Å². The Balaban J connectivity index is 1.15. The first-order chi connectivity index (χ1) is 20.7. The van der Waals surface area contributed by atoms with Crippen LogP contribution in [-0.4, -0.2) is 100.0 Å². The Morgan fingerprint density at radius 3 is 2.16 bits per heavy atom. The zero-order valence-corrected chi connectivity index (χ0v) is 27.6. The summed E-state index contributed by atoms with van der Waals surface area (Å²) in [5.41, 5.74) is 7.58. The first-order valence-electron chi connectivity index (χ1n) is 17.2. The Bertz CT molecular complexity index is 804. The zero-order valence-electron chi connectivity index (χ0n) is 27.6. The average Bonchev–Trinajstić information content (AvgIpc) is 3.52. The highest BCUT2D eigenvalue weighted by molar-refractivity contribution is 5.77. The minimum Gasteiger partial charge on any atom is -0.377 e. The van der Waals surface area contributed by atoms with Crippen LogP contribution in [0.5, 0.6) is 0 Å². The summed E-state index contributed by atoms with van der Waals surface area (Å²) in [7, 11) is 0. The maximum atomic E-state index is 12.0. The lowest BCUT2D eigenvalue weighted by atomic mass is 9.86. The molecule has 2 unspecified atom stereocenters. The Morgan fingerprint density at radius 2 is 1.53 bits per heavy atom. The molecule has 5 N–H and O–H groups in total. The first kappa shape index (κ1) is 36.0. The van der Waals surface area contributed by atoms with Crippen LogP contribution in [0.1, 0.15) is 105 Å².